The van der Waals surface area contributed by atoms with E-state index in [2.05, 4.69) is 10.2 Å². The van der Waals surface area contributed by atoms with Crippen molar-refractivity contribution in [3.8, 4) is 11.4 Å². The number of imide groups is 1. The first-order chi connectivity index (χ1) is 12.7. The van der Waals surface area contributed by atoms with Crippen LogP contribution in [0.1, 0.15) is 20.7 Å². The van der Waals surface area contributed by atoms with E-state index in [-0.39, 0.29) is 17.7 Å². The number of carbonyl (C=O) groups excluding carboxylic acids is 2. The average molecular weight is 366 g/mol. The Balaban J connectivity index is 1.57. The molecule has 1 aliphatic rings. The minimum atomic E-state index is -0.290. The van der Waals surface area contributed by atoms with E-state index in [4.69, 9.17) is 4.74 Å². The lowest BCUT2D eigenvalue weighted by Crippen LogP contribution is -2.29. The molecule has 7 nitrogen and oxygen atoms in total. The van der Waals surface area contributed by atoms with Crippen LogP contribution < -0.4 is 4.74 Å². The van der Waals surface area contributed by atoms with Gasteiger partial charge < -0.3 is 4.74 Å². The highest BCUT2D eigenvalue weighted by Gasteiger charge is 2.35. The van der Waals surface area contributed by atoms with Gasteiger partial charge in [0.05, 0.1) is 29.8 Å². The van der Waals surface area contributed by atoms with Gasteiger partial charge >= 0.3 is 0 Å². The van der Waals surface area contributed by atoms with Crippen molar-refractivity contribution in [2.45, 2.75) is 5.16 Å². The number of thioether (sulfide) groups is 1. The van der Waals surface area contributed by atoms with Gasteiger partial charge in [0.25, 0.3) is 11.8 Å². The third kappa shape index (κ3) is 2.64. The van der Waals surface area contributed by atoms with Crippen molar-refractivity contribution in [1.82, 2.24) is 19.7 Å². The molecule has 130 valence electrons. The van der Waals surface area contributed by atoms with Crippen LogP contribution in [0.3, 0.4) is 0 Å². The van der Waals surface area contributed by atoms with Crippen molar-refractivity contribution in [3.63, 3.8) is 0 Å². The van der Waals surface area contributed by atoms with Crippen molar-refractivity contribution in [3.05, 3.63) is 66.0 Å². The third-order valence-corrected chi connectivity index (χ3v) is 4.99. The number of hydrogen-bond acceptors (Lipinski definition) is 6. The van der Waals surface area contributed by atoms with E-state index in [1.54, 1.807) is 42.3 Å². The summed E-state index contributed by atoms with van der Waals surface area (Å²) in [6.45, 7) is 0. The molecule has 0 unspecified atom stereocenters. The van der Waals surface area contributed by atoms with Gasteiger partial charge in [-0.05, 0) is 24.3 Å². The Bertz CT molecular complexity index is 966. The number of hydrogen-bond donors (Lipinski definition) is 0. The monoisotopic (exact) mass is 366 g/mol. The van der Waals surface area contributed by atoms with Gasteiger partial charge in [0.15, 0.2) is 5.16 Å². The van der Waals surface area contributed by atoms with Gasteiger partial charge in [0, 0.05) is 0 Å². The molecule has 1 aliphatic heterocycles. The van der Waals surface area contributed by atoms with Gasteiger partial charge in [-0.25, -0.2) is 0 Å². The molecule has 0 saturated heterocycles. The van der Waals surface area contributed by atoms with Crippen LogP contribution in [0.5, 0.6) is 5.75 Å². The first-order valence-corrected chi connectivity index (χ1v) is 8.80. The lowest BCUT2D eigenvalue weighted by Gasteiger charge is -2.14. The maximum absolute atomic E-state index is 12.5. The normalized spacial score (nSPS) is 13.2. The fraction of sp³-hybridized carbons (Fsp3) is 0.111. The second kappa shape index (κ2) is 6.64. The van der Waals surface area contributed by atoms with Crippen LogP contribution in [0.15, 0.2) is 60.0 Å². The molecule has 26 heavy (non-hydrogen) atoms. The van der Waals surface area contributed by atoms with Crippen molar-refractivity contribution in [2.75, 3.05) is 13.0 Å². The Morgan fingerprint density at radius 3 is 2.35 bits per heavy atom. The summed E-state index contributed by atoms with van der Waals surface area (Å²) in [7, 11) is 1.59. The molecule has 0 N–H and O–H groups in total. The average Bonchev–Trinajstić information content (AvgIpc) is 3.24. The molecule has 3 aromatic rings. The summed E-state index contributed by atoms with van der Waals surface area (Å²) in [5.74, 6) is 0.248. The van der Waals surface area contributed by atoms with Crippen molar-refractivity contribution in [1.29, 1.82) is 0 Å². The zero-order chi connectivity index (χ0) is 18.1. The molecule has 0 atom stereocenters. The van der Waals surface area contributed by atoms with Gasteiger partial charge in [-0.15, -0.1) is 10.2 Å². The number of aromatic nitrogens is 3. The van der Waals surface area contributed by atoms with E-state index >= 15 is 0 Å². The molecule has 8 heteroatoms. The van der Waals surface area contributed by atoms with Crippen LogP contribution in [-0.2, 0) is 0 Å². The molecule has 2 heterocycles. The molecule has 2 aromatic carbocycles. The summed E-state index contributed by atoms with van der Waals surface area (Å²) in [5, 5.41) is 8.61. The smallest absolute Gasteiger partial charge is 0.262 e. The predicted octanol–water partition coefficient (Wildman–Crippen LogP) is 2.62. The summed E-state index contributed by atoms with van der Waals surface area (Å²) in [6.07, 6.45) is 1.57. The van der Waals surface area contributed by atoms with Crippen molar-refractivity contribution < 1.29 is 14.3 Å². The number of methoxy groups -OCH3 is 1. The Morgan fingerprint density at radius 2 is 1.65 bits per heavy atom. The van der Waals surface area contributed by atoms with E-state index < -0.39 is 0 Å². The fourth-order valence-electron chi connectivity index (χ4n) is 2.80. The van der Waals surface area contributed by atoms with Crippen LogP contribution in [0.2, 0.25) is 0 Å². The highest BCUT2D eigenvalue weighted by molar-refractivity contribution is 7.99. The van der Waals surface area contributed by atoms with E-state index in [0.29, 0.717) is 22.0 Å². The van der Waals surface area contributed by atoms with E-state index in [9.17, 15) is 9.59 Å². The molecular weight excluding hydrogens is 352 g/mol. The second-order valence-corrected chi connectivity index (χ2v) is 6.42. The van der Waals surface area contributed by atoms with Gasteiger partial charge in [-0.2, -0.15) is 0 Å². The highest BCUT2D eigenvalue weighted by Crippen LogP contribution is 2.29. The number of ether oxygens (including phenoxy) is 1. The lowest BCUT2D eigenvalue weighted by atomic mass is 10.1. The number of para-hydroxylation sites is 2. The summed E-state index contributed by atoms with van der Waals surface area (Å²) in [5.41, 5.74) is 1.65. The molecule has 0 aliphatic carbocycles. The number of benzene rings is 2. The van der Waals surface area contributed by atoms with Crippen LogP contribution in [0, 0.1) is 0 Å². The topological polar surface area (TPSA) is 77.3 Å². The van der Waals surface area contributed by atoms with E-state index in [1.165, 1.54) is 16.7 Å². The number of nitrogens with zero attached hydrogens (tertiary/aromatic N) is 4. The Hall–Kier alpha value is -3.13. The summed E-state index contributed by atoms with van der Waals surface area (Å²) < 4.78 is 7.14. The maximum atomic E-state index is 12.5. The quantitative estimate of drug-likeness (QED) is 0.510. The summed E-state index contributed by atoms with van der Waals surface area (Å²) in [4.78, 5) is 26.1. The Kier molecular flexibility index (Phi) is 4.18. The van der Waals surface area contributed by atoms with E-state index in [0.717, 1.165) is 5.69 Å². The number of amides is 2. The SMILES string of the molecule is COc1ccccc1-n1cnnc1SCN1C(=O)c2ccccc2C1=O. The molecule has 0 saturated carbocycles. The van der Waals surface area contributed by atoms with Crippen LogP contribution >= 0.6 is 11.8 Å². The molecule has 0 spiro atoms. The van der Waals surface area contributed by atoms with Gasteiger partial charge in [-0.3, -0.25) is 19.1 Å². The fourth-order valence-corrected chi connectivity index (χ4v) is 3.66. The largest absolute Gasteiger partial charge is 0.495 e. The van der Waals surface area contributed by atoms with Gasteiger partial charge in [0.1, 0.15) is 12.1 Å². The number of rotatable bonds is 5. The Morgan fingerprint density at radius 1 is 1.00 bits per heavy atom. The summed E-state index contributed by atoms with van der Waals surface area (Å²) >= 11 is 1.26. The summed E-state index contributed by atoms with van der Waals surface area (Å²) in [6, 6.07) is 14.3. The van der Waals surface area contributed by atoms with Crippen LogP contribution in [0.4, 0.5) is 0 Å². The number of fused-ring (bicyclic) bond motifs is 1. The molecule has 2 amide bonds. The predicted molar refractivity (Wildman–Crippen MR) is 95.6 cm³/mol. The third-order valence-electron chi connectivity index (χ3n) is 4.06. The van der Waals surface area contributed by atoms with Crippen LogP contribution in [0.25, 0.3) is 5.69 Å². The van der Waals surface area contributed by atoms with E-state index in [1.807, 2.05) is 24.3 Å². The van der Waals surface area contributed by atoms with Crippen LogP contribution in [-0.4, -0.2) is 44.5 Å². The first-order valence-electron chi connectivity index (χ1n) is 7.82. The number of carbonyl (C=O) groups is 2. The molecule has 0 bridgehead atoms. The lowest BCUT2D eigenvalue weighted by molar-refractivity contribution is 0.0684. The minimum Gasteiger partial charge on any atom is -0.495 e. The molecule has 1 aromatic heterocycles. The Labute approximate surface area is 153 Å². The zero-order valence-corrected chi connectivity index (χ0v) is 14.6. The molecular formula is C18H14N4O3S. The zero-order valence-electron chi connectivity index (χ0n) is 13.8. The first kappa shape index (κ1) is 16.3. The molecule has 4 rings (SSSR count). The van der Waals surface area contributed by atoms with Crippen molar-refractivity contribution >= 4 is 23.6 Å². The second-order valence-electron chi connectivity index (χ2n) is 5.51. The standard InChI is InChI=1S/C18H14N4O3S/c1-25-15-9-5-4-8-14(15)21-10-19-20-18(21)26-11-22-16(23)12-6-2-3-7-13(12)17(22)24/h2-10H,11H2,1H3. The van der Waals surface area contributed by atoms with Gasteiger partial charge in [0.2, 0.25) is 0 Å². The highest BCUT2D eigenvalue weighted by atomic mass is 32.2. The minimum absolute atomic E-state index is 0.153. The van der Waals surface area contributed by atoms with Crippen molar-refractivity contribution in [2.24, 2.45) is 0 Å². The maximum Gasteiger partial charge on any atom is 0.262 e. The van der Waals surface area contributed by atoms with Gasteiger partial charge in [-0.1, -0.05) is 36.0 Å². The molecule has 0 fully saturated rings. The molecule has 0 radical (unpaired) electrons.